The Morgan fingerprint density at radius 2 is 1.38 bits per heavy atom. The molecule has 1 aliphatic rings. The van der Waals surface area contributed by atoms with E-state index in [4.69, 9.17) is 9.47 Å². The van der Waals surface area contributed by atoms with Crippen molar-refractivity contribution in [3.05, 3.63) is 0 Å². The Balaban J connectivity index is 2.90. The minimum absolute atomic E-state index is 0.269. The fraction of sp³-hybridized carbons (Fsp3) is 1.00. The molecule has 2 unspecified atom stereocenters. The van der Waals surface area contributed by atoms with Crippen LogP contribution >= 0.6 is 0 Å². The average molecular weight is 228 g/mol. The molecule has 1 fully saturated rings. The number of rotatable bonds is 6. The molecule has 0 saturated heterocycles. The Bertz CT molecular complexity index is 171. The summed E-state index contributed by atoms with van der Waals surface area (Å²) in [5.74, 6) is 1.54. The van der Waals surface area contributed by atoms with Crippen LogP contribution in [0, 0.1) is 17.3 Å². The average Bonchev–Trinajstić information content (AvgIpc) is 2.30. The van der Waals surface area contributed by atoms with Crippen molar-refractivity contribution in [2.75, 3.05) is 27.4 Å². The van der Waals surface area contributed by atoms with Crippen molar-refractivity contribution in [1.29, 1.82) is 0 Å². The summed E-state index contributed by atoms with van der Waals surface area (Å²) in [6.07, 6.45) is 6.58. The monoisotopic (exact) mass is 228 g/mol. The highest BCUT2D eigenvalue weighted by Crippen LogP contribution is 2.48. The van der Waals surface area contributed by atoms with Crippen LogP contribution in [0.4, 0.5) is 0 Å². The molecule has 0 aliphatic heterocycles. The van der Waals surface area contributed by atoms with Gasteiger partial charge in [-0.15, -0.1) is 0 Å². The molecule has 0 N–H and O–H groups in total. The summed E-state index contributed by atoms with van der Waals surface area (Å²) in [5.41, 5.74) is 0.269. The molecule has 96 valence electrons. The summed E-state index contributed by atoms with van der Waals surface area (Å²) in [7, 11) is 3.65. The van der Waals surface area contributed by atoms with Crippen molar-refractivity contribution < 1.29 is 9.47 Å². The van der Waals surface area contributed by atoms with Crippen LogP contribution in [-0.4, -0.2) is 27.4 Å². The minimum Gasteiger partial charge on any atom is -0.384 e. The highest BCUT2D eigenvalue weighted by atomic mass is 16.5. The molecule has 1 aliphatic carbocycles. The maximum Gasteiger partial charge on any atom is 0.0546 e. The van der Waals surface area contributed by atoms with Crippen molar-refractivity contribution >= 4 is 0 Å². The highest BCUT2D eigenvalue weighted by molar-refractivity contribution is 4.94. The van der Waals surface area contributed by atoms with E-state index in [9.17, 15) is 0 Å². The van der Waals surface area contributed by atoms with Crippen LogP contribution in [0.1, 0.15) is 46.0 Å². The lowest BCUT2D eigenvalue weighted by atomic mass is 9.59. The number of ether oxygens (including phenoxy) is 2. The van der Waals surface area contributed by atoms with Gasteiger partial charge in [0.2, 0.25) is 0 Å². The molecule has 0 aromatic carbocycles. The SMILES string of the molecule is CCC1CCCC(CC)C1(COC)COC. The lowest BCUT2D eigenvalue weighted by Gasteiger charge is -2.49. The van der Waals surface area contributed by atoms with E-state index in [-0.39, 0.29) is 5.41 Å². The molecule has 0 amide bonds. The molecule has 16 heavy (non-hydrogen) atoms. The molecular formula is C14H28O2. The van der Waals surface area contributed by atoms with Crippen molar-refractivity contribution in [3.63, 3.8) is 0 Å². The number of hydrogen-bond acceptors (Lipinski definition) is 2. The summed E-state index contributed by atoms with van der Waals surface area (Å²) < 4.78 is 11.0. The lowest BCUT2D eigenvalue weighted by Crippen LogP contribution is -2.47. The topological polar surface area (TPSA) is 18.5 Å². The molecule has 0 radical (unpaired) electrons. The molecule has 0 heterocycles. The number of methoxy groups -OCH3 is 2. The van der Waals surface area contributed by atoms with E-state index < -0.39 is 0 Å². The van der Waals surface area contributed by atoms with E-state index in [2.05, 4.69) is 13.8 Å². The first-order valence-electron chi connectivity index (χ1n) is 6.73. The zero-order valence-corrected chi connectivity index (χ0v) is 11.4. The second kappa shape index (κ2) is 6.61. The molecule has 2 nitrogen and oxygen atoms in total. The maximum absolute atomic E-state index is 5.52. The Kier molecular flexibility index (Phi) is 5.77. The van der Waals surface area contributed by atoms with Crippen LogP contribution in [0.5, 0.6) is 0 Å². The van der Waals surface area contributed by atoms with Gasteiger partial charge in [0.15, 0.2) is 0 Å². The minimum atomic E-state index is 0.269. The standard InChI is InChI=1S/C14H28O2/c1-5-12-8-7-9-13(6-2)14(12,10-15-3)11-16-4/h12-13H,5-11H2,1-4H3. The lowest BCUT2D eigenvalue weighted by molar-refractivity contribution is -0.0933. The van der Waals surface area contributed by atoms with Gasteiger partial charge in [-0.3, -0.25) is 0 Å². The molecule has 2 atom stereocenters. The quantitative estimate of drug-likeness (QED) is 0.692. The van der Waals surface area contributed by atoms with Crippen molar-refractivity contribution in [2.45, 2.75) is 46.0 Å². The van der Waals surface area contributed by atoms with E-state index in [0.717, 1.165) is 25.0 Å². The summed E-state index contributed by atoms with van der Waals surface area (Å²) >= 11 is 0. The second-order valence-electron chi connectivity index (χ2n) is 5.24. The zero-order valence-electron chi connectivity index (χ0n) is 11.4. The molecule has 1 saturated carbocycles. The summed E-state index contributed by atoms with van der Waals surface area (Å²) in [6, 6.07) is 0. The first kappa shape index (κ1) is 14.0. The van der Waals surface area contributed by atoms with E-state index in [1.807, 2.05) is 14.2 Å². The van der Waals surface area contributed by atoms with Gasteiger partial charge in [-0.05, 0) is 24.7 Å². The van der Waals surface area contributed by atoms with Gasteiger partial charge in [0.1, 0.15) is 0 Å². The predicted molar refractivity (Wildman–Crippen MR) is 67.6 cm³/mol. The Hall–Kier alpha value is -0.0800. The van der Waals surface area contributed by atoms with Crippen LogP contribution in [-0.2, 0) is 9.47 Å². The second-order valence-corrected chi connectivity index (χ2v) is 5.24. The molecule has 1 rings (SSSR count). The largest absolute Gasteiger partial charge is 0.384 e. The summed E-state index contributed by atoms with van der Waals surface area (Å²) in [5, 5.41) is 0. The van der Waals surface area contributed by atoms with Crippen molar-refractivity contribution in [1.82, 2.24) is 0 Å². The third-order valence-electron chi connectivity index (χ3n) is 4.54. The Morgan fingerprint density at radius 3 is 1.69 bits per heavy atom. The van der Waals surface area contributed by atoms with Crippen LogP contribution in [0.15, 0.2) is 0 Å². The molecule has 0 aromatic rings. The fourth-order valence-electron chi connectivity index (χ4n) is 3.79. The van der Waals surface area contributed by atoms with Crippen LogP contribution < -0.4 is 0 Å². The fourth-order valence-corrected chi connectivity index (χ4v) is 3.79. The molecule has 0 aromatic heterocycles. The molecular weight excluding hydrogens is 200 g/mol. The Labute approximate surface area is 101 Å². The zero-order chi connectivity index (χ0) is 12.0. The summed E-state index contributed by atoms with van der Waals surface area (Å²) in [4.78, 5) is 0. The molecule has 0 spiro atoms. The van der Waals surface area contributed by atoms with Gasteiger partial charge in [0, 0.05) is 19.6 Å². The van der Waals surface area contributed by atoms with Crippen LogP contribution in [0.2, 0.25) is 0 Å². The van der Waals surface area contributed by atoms with Crippen LogP contribution in [0.3, 0.4) is 0 Å². The van der Waals surface area contributed by atoms with Gasteiger partial charge < -0.3 is 9.47 Å². The van der Waals surface area contributed by atoms with Gasteiger partial charge in [-0.1, -0.05) is 33.1 Å². The van der Waals surface area contributed by atoms with E-state index in [1.165, 1.54) is 32.1 Å². The van der Waals surface area contributed by atoms with Gasteiger partial charge in [0.05, 0.1) is 13.2 Å². The van der Waals surface area contributed by atoms with Gasteiger partial charge >= 0.3 is 0 Å². The van der Waals surface area contributed by atoms with E-state index in [0.29, 0.717) is 0 Å². The first-order valence-corrected chi connectivity index (χ1v) is 6.73. The highest BCUT2D eigenvalue weighted by Gasteiger charge is 2.46. The Morgan fingerprint density at radius 1 is 0.938 bits per heavy atom. The van der Waals surface area contributed by atoms with Crippen LogP contribution in [0.25, 0.3) is 0 Å². The van der Waals surface area contributed by atoms with Crippen molar-refractivity contribution in [3.8, 4) is 0 Å². The first-order chi connectivity index (χ1) is 7.75. The number of hydrogen-bond donors (Lipinski definition) is 0. The summed E-state index contributed by atoms with van der Waals surface area (Å²) in [6.45, 7) is 6.33. The molecule has 0 bridgehead atoms. The van der Waals surface area contributed by atoms with Gasteiger partial charge in [0.25, 0.3) is 0 Å². The van der Waals surface area contributed by atoms with Crippen molar-refractivity contribution in [2.24, 2.45) is 17.3 Å². The molecule has 2 heteroatoms. The predicted octanol–water partition coefficient (Wildman–Crippen LogP) is 3.50. The smallest absolute Gasteiger partial charge is 0.0546 e. The third kappa shape index (κ3) is 2.60. The van der Waals surface area contributed by atoms with E-state index >= 15 is 0 Å². The van der Waals surface area contributed by atoms with Gasteiger partial charge in [-0.25, -0.2) is 0 Å². The maximum atomic E-state index is 5.52. The van der Waals surface area contributed by atoms with E-state index in [1.54, 1.807) is 0 Å². The third-order valence-corrected chi connectivity index (χ3v) is 4.54. The normalized spacial score (nSPS) is 29.2. The van der Waals surface area contributed by atoms with Gasteiger partial charge in [-0.2, -0.15) is 0 Å².